The second-order valence-corrected chi connectivity index (χ2v) is 6.70. The molecule has 4 rings (SSSR count). The lowest BCUT2D eigenvalue weighted by atomic mass is 9.68. The zero-order valence-corrected chi connectivity index (χ0v) is 15.6. The number of rotatable bonds is 4. The first kappa shape index (κ1) is 18.3. The second-order valence-electron chi connectivity index (χ2n) is 6.70. The Kier molecular flexibility index (Phi) is 4.32. The van der Waals surface area contributed by atoms with E-state index in [1.165, 1.54) is 6.92 Å². The summed E-state index contributed by atoms with van der Waals surface area (Å²) in [5.74, 6) is -1.45. The van der Waals surface area contributed by atoms with E-state index in [-0.39, 0.29) is 29.6 Å². The molecule has 1 atom stereocenters. The number of carbonyl (C=O) groups is 2. The molecule has 0 fully saturated rings. The number of ketones is 1. The van der Waals surface area contributed by atoms with Crippen molar-refractivity contribution in [1.82, 2.24) is 0 Å². The van der Waals surface area contributed by atoms with Gasteiger partial charge in [-0.15, -0.1) is 0 Å². The van der Waals surface area contributed by atoms with E-state index in [1.54, 1.807) is 24.3 Å². The predicted molar refractivity (Wildman–Crippen MR) is 104 cm³/mol. The van der Waals surface area contributed by atoms with Crippen LogP contribution in [0.25, 0.3) is 0 Å². The number of para-hydroxylation sites is 1. The Balaban J connectivity index is 1.92. The Bertz CT molecular complexity index is 1130. The van der Waals surface area contributed by atoms with Crippen LogP contribution >= 0.6 is 0 Å². The molecule has 2 aliphatic heterocycles. The van der Waals surface area contributed by atoms with Crippen molar-refractivity contribution in [2.75, 3.05) is 5.32 Å². The van der Waals surface area contributed by atoms with Crippen LogP contribution in [0.4, 0.5) is 5.69 Å². The van der Waals surface area contributed by atoms with Crippen molar-refractivity contribution in [1.29, 1.82) is 5.26 Å². The van der Waals surface area contributed by atoms with Gasteiger partial charge in [0.25, 0.3) is 5.95 Å². The minimum Gasteiger partial charge on any atom is -0.460 e. The van der Waals surface area contributed by atoms with E-state index in [0.717, 1.165) is 5.56 Å². The second kappa shape index (κ2) is 6.84. The molecule has 2 heterocycles. The van der Waals surface area contributed by atoms with E-state index in [1.807, 2.05) is 36.4 Å². The zero-order valence-electron chi connectivity index (χ0n) is 15.6. The fourth-order valence-electron chi connectivity index (χ4n) is 3.79. The van der Waals surface area contributed by atoms with Crippen LogP contribution in [-0.2, 0) is 31.1 Å². The largest absolute Gasteiger partial charge is 0.460 e. The average Bonchev–Trinajstić information content (AvgIpc) is 2.99. The van der Waals surface area contributed by atoms with Gasteiger partial charge in [0.15, 0.2) is 11.2 Å². The van der Waals surface area contributed by atoms with Gasteiger partial charge in [0.2, 0.25) is 11.8 Å². The molecule has 144 valence electrons. The van der Waals surface area contributed by atoms with Gasteiger partial charge >= 0.3 is 0 Å². The molecule has 7 nitrogen and oxygen atoms in total. The number of nitrogens with one attached hydrogen (secondary N) is 1. The summed E-state index contributed by atoms with van der Waals surface area (Å²) in [7, 11) is 0. The fourth-order valence-corrected chi connectivity index (χ4v) is 3.79. The highest BCUT2D eigenvalue weighted by Gasteiger charge is 2.59. The van der Waals surface area contributed by atoms with Crippen molar-refractivity contribution in [2.24, 2.45) is 5.73 Å². The predicted octanol–water partition coefficient (Wildman–Crippen LogP) is 2.62. The fraction of sp³-hybridized carbons (Fsp3) is 0.136. The minimum atomic E-state index is -1.72. The van der Waals surface area contributed by atoms with Crippen molar-refractivity contribution in [3.05, 3.63) is 88.7 Å². The molecule has 0 saturated heterocycles. The van der Waals surface area contributed by atoms with Crippen molar-refractivity contribution < 1.29 is 19.1 Å². The van der Waals surface area contributed by atoms with Crippen LogP contribution < -0.4 is 11.1 Å². The maximum absolute atomic E-state index is 13.2. The van der Waals surface area contributed by atoms with Gasteiger partial charge in [-0.2, -0.15) is 5.26 Å². The molecule has 7 heteroatoms. The van der Waals surface area contributed by atoms with Crippen molar-refractivity contribution in [3.63, 3.8) is 0 Å². The molecule has 0 radical (unpaired) electrons. The molecule has 0 bridgehead atoms. The molecular weight excluding hydrogens is 370 g/mol. The molecule has 0 aliphatic carbocycles. The summed E-state index contributed by atoms with van der Waals surface area (Å²) in [6.07, 6.45) is 0. The average molecular weight is 387 g/mol. The third-order valence-electron chi connectivity index (χ3n) is 5.00. The SMILES string of the molecule is CC(=O)C1=C(OCc2ccccc2)OC(N)=C(C#N)[C@@]12C(=O)Nc1ccccc12. The zero-order chi connectivity index (χ0) is 20.6. The van der Waals surface area contributed by atoms with Crippen LogP contribution in [0.3, 0.4) is 0 Å². The molecule has 2 aromatic carbocycles. The Labute approximate surface area is 167 Å². The molecule has 0 saturated carbocycles. The summed E-state index contributed by atoms with van der Waals surface area (Å²) in [5, 5.41) is 12.5. The van der Waals surface area contributed by atoms with Gasteiger partial charge < -0.3 is 20.5 Å². The number of carbonyl (C=O) groups excluding carboxylic acids is 2. The van der Waals surface area contributed by atoms with E-state index in [4.69, 9.17) is 15.2 Å². The standard InChI is InChI=1S/C22H17N3O4/c1-13(26)18-20(28-12-14-7-3-2-4-8-14)29-19(24)16(11-23)22(18)15-9-5-6-10-17(15)25-21(22)27/h2-10H,12,24H2,1H3,(H,25,27)/t22-/m1/s1. The highest BCUT2D eigenvalue weighted by atomic mass is 16.7. The van der Waals surface area contributed by atoms with Crippen LogP contribution in [0.5, 0.6) is 0 Å². The van der Waals surface area contributed by atoms with Gasteiger partial charge in [-0.25, -0.2) is 0 Å². The number of nitrogens with two attached hydrogens (primary N) is 1. The smallest absolute Gasteiger partial charge is 0.295 e. The maximum atomic E-state index is 13.2. The maximum Gasteiger partial charge on any atom is 0.295 e. The highest BCUT2D eigenvalue weighted by Crippen LogP contribution is 2.51. The number of fused-ring (bicyclic) bond motifs is 2. The summed E-state index contributed by atoms with van der Waals surface area (Å²) >= 11 is 0. The van der Waals surface area contributed by atoms with Crippen molar-refractivity contribution >= 4 is 17.4 Å². The highest BCUT2D eigenvalue weighted by molar-refractivity contribution is 6.18. The van der Waals surface area contributed by atoms with Crippen LogP contribution in [-0.4, -0.2) is 11.7 Å². The normalized spacial score (nSPS) is 20.1. The molecule has 1 spiro atoms. The summed E-state index contributed by atoms with van der Waals surface area (Å²) in [5.41, 5.74) is 5.90. The van der Waals surface area contributed by atoms with E-state index in [9.17, 15) is 14.9 Å². The number of hydrogen-bond acceptors (Lipinski definition) is 6. The number of amides is 1. The number of nitriles is 1. The van der Waals surface area contributed by atoms with E-state index < -0.39 is 17.1 Å². The third kappa shape index (κ3) is 2.65. The molecule has 3 N–H and O–H groups in total. The van der Waals surface area contributed by atoms with Crippen LogP contribution in [0, 0.1) is 11.3 Å². The first-order valence-electron chi connectivity index (χ1n) is 8.91. The molecular formula is C22H17N3O4. The van der Waals surface area contributed by atoms with E-state index >= 15 is 0 Å². The van der Waals surface area contributed by atoms with Gasteiger partial charge in [0, 0.05) is 11.3 Å². The lowest BCUT2D eigenvalue weighted by Crippen LogP contribution is -2.45. The van der Waals surface area contributed by atoms with Crippen molar-refractivity contribution in [2.45, 2.75) is 18.9 Å². The summed E-state index contributed by atoms with van der Waals surface area (Å²) in [4.78, 5) is 25.9. The molecule has 1 amide bonds. The first-order valence-corrected chi connectivity index (χ1v) is 8.91. The number of anilines is 1. The monoisotopic (exact) mass is 387 g/mol. The number of ether oxygens (including phenoxy) is 2. The van der Waals surface area contributed by atoms with Gasteiger partial charge in [0.1, 0.15) is 23.8 Å². The first-order chi connectivity index (χ1) is 14.0. The lowest BCUT2D eigenvalue weighted by molar-refractivity contribution is -0.122. The third-order valence-corrected chi connectivity index (χ3v) is 5.00. The minimum absolute atomic E-state index is 0.0540. The molecule has 0 aromatic heterocycles. The molecule has 29 heavy (non-hydrogen) atoms. The molecule has 2 aromatic rings. The van der Waals surface area contributed by atoms with Crippen LogP contribution in [0.1, 0.15) is 18.1 Å². The number of hydrogen-bond donors (Lipinski definition) is 2. The van der Waals surface area contributed by atoms with Gasteiger partial charge in [-0.1, -0.05) is 48.5 Å². The summed E-state index contributed by atoms with van der Waals surface area (Å²) < 4.78 is 11.3. The van der Waals surface area contributed by atoms with E-state index in [2.05, 4.69) is 5.32 Å². The van der Waals surface area contributed by atoms with Gasteiger partial charge in [-0.3, -0.25) is 9.59 Å². The van der Waals surface area contributed by atoms with E-state index in [0.29, 0.717) is 11.3 Å². The summed E-state index contributed by atoms with van der Waals surface area (Å²) in [6, 6.07) is 18.1. The lowest BCUT2D eigenvalue weighted by Gasteiger charge is -2.34. The topological polar surface area (TPSA) is 114 Å². The van der Waals surface area contributed by atoms with Crippen molar-refractivity contribution in [3.8, 4) is 6.07 Å². The van der Waals surface area contributed by atoms with Crippen LogP contribution in [0.2, 0.25) is 0 Å². The number of Topliss-reactive ketones (excluding diaryl/α,β-unsaturated/α-hetero) is 1. The quantitative estimate of drug-likeness (QED) is 0.833. The van der Waals surface area contributed by atoms with Crippen LogP contribution in [0.15, 0.2) is 77.6 Å². The number of nitrogens with zero attached hydrogens (tertiary/aromatic N) is 1. The Hall–Kier alpha value is -4.05. The molecule has 2 aliphatic rings. The van der Waals surface area contributed by atoms with Gasteiger partial charge in [0.05, 0.1) is 0 Å². The number of benzene rings is 2. The van der Waals surface area contributed by atoms with Gasteiger partial charge in [-0.05, 0) is 18.6 Å². The Morgan fingerprint density at radius 1 is 1.21 bits per heavy atom. The summed E-state index contributed by atoms with van der Waals surface area (Å²) in [6.45, 7) is 1.40. The Morgan fingerprint density at radius 2 is 1.90 bits per heavy atom. The molecule has 0 unspecified atom stereocenters. The Morgan fingerprint density at radius 3 is 2.59 bits per heavy atom.